The summed E-state index contributed by atoms with van der Waals surface area (Å²) in [5.74, 6) is 2.10. The van der Waals surface area contributed by atoms with Crippen molar-refractivity contribution in [1.29, 1.82) is 0 Å². The van der Waals surface area contributed by atoms with E-state index in [0.717, 1.165) is 18.4 Å². The van der Waals surface area contributed by atoms with Crippen LogP contribution >= 0.6 is 24.0 Å². The summed E-state index contributed by atoms with van der Waals surface area (Å²) in [4.78, 5) is 8.82. The summed E-state index contributed by atoms with van der Waals surface area (Å²) in [5.41, 5.74) is 0. The van der Waals surface area contributed by atoms with Crippen LogP contribution in [0.1, 0.15) is 44.9 Å². The summed E-state index contributed by atoms with van der Waals surface area (Å²) in [6.07, 6.45) is 9.90. The maximum absolute atomic E-state index is 4.66. The fourth-order valence-corrected chi connectivity index (χ4v) is 2.71. The molecule has 0 amide bonds. The van der Waals surface area contributed by atoms with E-state index in [4.69, 9.17) is 0 Å². The third-order valence-electron chi connectivity index (χ3n) is 3.55. The minimum absolute atomic E-state index is 0. The minimum Gasteiger partial charge on any atom is -0.349 e. The van der Waals surface area contributed by atoms with Crippen molar-refractivity contribution in [2.24, 2.45) is 10.9 Å². The Bertz CT molecular complexity index is 223. The molecule has 1 fully saturated rings. The van der Waals surface area contributed by atoms with Crippen LogP contribution in [0.25, 0.3) is 0 Å². The van der Waals surface area contributed by atoms with Crippen molar-refractivity contribution >= 4 is 29.9 Å². The lowest BCUT2D eigenvalue weighted by molar-refractivity contribution is 0.465. The number of hydrogen-bond acceptors (Lipinski definition) is 1. The van der Waals surface area contributed by atoms with Crippen molar-refractivity contribution in [2.45, 2.75) is 44.9 Å². The molecule has 1 rings (SSSR count). The van der Waals surface area contributed by atoms with Gasteiger partial charge in [-0.1, -0.05) is 38.5 Å². The number of rotatable bonds is 5. The summed E-state index contributed by atoms with van der Waals surface area (Å²) in [7, 11) is 8.21. The van der Waals surface area contributed by atoms with Crippen LogP contribution in [-0.4, -0.2) is 50.5 Å². The van der Waals surface area contributed by atoms with Gasteiger partial charge in [0.05, 0.1) is 0 Å². The van der Waals surface area contributed by atoms with E-state index < -0.39 is 0 Å². The molecule has 3 nitrogen and oxygen atoms in total. The molecule has 0 saturated heterocycles. The van der Waals surface area contributed by atoms with E-state index in [-0.39, 0.29) is 24.0 Å². The summed E-state index contributed by atoms with van der Waals surface area (Å²) >= 11 is 0. The average Bonchev–Trinajstić information content (AvgIpc) is 2.74. The second kappa shape index (κ2) is 9.87. The number of halogens is 1. The van der Waals surface area contributed by atoms with E-state index in [1.807, 2.05) is 0 Å². The quantitative estimate of drug-likeness (QED) is 0.321. The molecule has 0 aromatic rings. The summed E-state index contributed by atoms with van der Waals surface area (Å²) in [5, 5.41) is 0. The van der Waals surface area contributed by atoms with Crippen LogP contribution in [0.15, 0.2) is 4.99 Å². The summed E-state index contributed by atoms with van der Waals surface area (Å²) in [6, 6.07) is 0. The Hall–Kier alpha value is 0. The lowest BCUT2D eigenvalue weighted by Gasteiger charge is -2.22. The first kappa shape index (κ1) is 18.0. The lowest BCUT2D eigenvalue weighted by atomic mass is 10.0. The first-order valence-electron chi connectivity index (χ1n) is 7.00. The molecule has 1 aliphatic rings. The zero-order valence-corrected chi connectivity index (χ0v) is 14.8. The van der Waals surface area contributed by atoms with Gasteiger partial charge in [0.15, 0.2) is 5.96 Å². The SMILES string of the molecule is CN(C)C(=NCCCCC1CCCC1)N(C)C.I. The summed E-state index contributed by atoms with van der Waals surface area (Å²) in [6.45, 7) is 0.971. The minimum atomic E-state index is 0. The van der Waals surface area contributed by atoms with E-state index in [1.165, 1.54) is 44.9 Å². The zero-order valence-electron chi connectivity index (χ0n) is 12.5. The predicted octanol–water partition coefficient (Wildman–Crippen LogP) is 3.44. The Labute approximate surface area is 130 Å². The second-order valence-electron chi connectivity index (χ2n) is 5.62. The Morgan fingerprint density at radius 3 is 2.06 bits per heavy atom. The van der Waals surface area contributed by atoms with Crippen LogP contribution in [-0.2, 0) is 0 Å². The maximum Gasteiger partial charge on any atom is 0.195 e. The Balaban J connectivity index is 0.00000289. The summed E-state index contributed by atoms with van der Waals surface area (Å²) < 4.78 is 0. The van der Waals surface area contributed by atoms with Gasteiger partial charge in [-0.25, -0.2) is 0 Å². The van der Waals surface area contributed by atoms with Crippen molar-refractivity contribution < 1.29 is 0 Å². The molecule has 0 aromatic heterocycles. The van der Waals surface area contributed by atoms with Crippen LogP contribution in [0.5, 0.6) is 0 Å². The highest BCUT2D eigenvalue weighted by molar-refractivity contribution is 14.0. The Morgan fingerprint density at radius 2 is 1.56 bits per heavy atom. The molecule has 0 radical (unpaired) electrons. The van der Waals surface area contributed by atoms with Crippen molar-refractivity contribution in [1.82, 2.24) is 9.80 Å². The van der Waals surface area contributed by atoms with Gasteiger partial charge in [-0.3, -0.25) is 4.99 Å². The molecule has 18 heavy (non-hydrogen) atoms. The highest BCUT2D eigenvalue weighted by Crippen LogP contribution is 2.28. The van der Waals surface area contributed by atoms with Crippen molar-refractivity contribution in [3.05, 3.63) is 0 Å². The Morgan fingerprint density at radius 1 is 1.00 bits per heavy atom. The van der Waals surface area contributed by atoms with Gasteiger partial charge >= 0.3 is 0 Å². The smallest absolute Gasteiger partial charge is 0.195 e. The van der Waals surface area contributed by atoms with E-state index in [2.05, 4.69) is 43.0 Å². The van der Waals surface area contributed by atoms with E-state index in [0.29, 0.717) is 0 Å². The number of guanidine groups is 1. The largest absolute Gasteiger partial charge is 0.349 e. The molecule has 1 saturated carbocycles. The van der Waals surface area contributed by atoms with Gasteiger partial charge in [-0.2, -0.15) is 0 Å². The predicted molar refractivity (Wildman–Crippen MR) is 90.9 cm³/mol. The molecule has 0 unspecified atom stereocenters. The van der Waals surface area contributed by atoms with E-state index in [1.54, 1.807) is 0 Å². The molecule has 1 aliphatic carbocycles. The lowest BCUT2D eigenvalue weighted by Crippen LogP contribution is -2.35. The molecule has 4 heteroatoms. The molecule has 0 N–H and O–H groups in total. The van der Waals surface area contributed by atoms with Gasteiger partial charge < -0.3 is 9.80 Å². The molecule has 0 aromatic carbocycles. The van der Waals surface area contributed by atoms with Gasteiger partial charge in [0.25, 0.3) is 0 Å². The third-order valence-corrected chi connectivity index (χ3v) is 3.55. The third kappa shape index (κ3) is 6.81. The maximum atomic E-state index is 4.66. The highest BCUT2D eigenvalue weighted by Gasteiger charge is 2.13. The normalized spacial score (nSPS) is 15.1. The molecule has 0 spiro atoms. The number of unbranched alkanes of at least 4 members (excludes halogenated alkanes) is 1. The standard InChI is InChI=1S/C14H29N3.HI/c1-16(2)14(17(3)4)15-12-8-7-11-13-9-5-6-10-13;/h13H,5-12H2,1-4H3;1H. The van der Waals surface area contributed by atoms with Crippen molar-refractivity contribution in [3.63, 3.8) is 0 Å². The van der Waals surface area contributed by atoms with Crippen LogP contribution < -0.4 is 0 Å². The molecule has 0 heterocycles. The van der Waals surface area contributed by atoms with Crippen molar-refractivity contribution in [3.8, 4) is 0 Å². The highest BCUT2D eigenvalue weighted by atomic mass is 127. The van der Waals surface area contributed by atoms with E-state index in [9.17, 15) is 0 Å². The molecule has 0 atom stereocenters. The Kier molecular flexibility index (Phi) is 9.87. The number of hydrogen-bond donors (Lipinski definition) is 0. The van der Waals surface area contributed by atoms with Crippen LogP contribution in [0.4, 0.5) is 0 Å². The van der Waals surface area contributed by atoms with Gasteiger partial charge in [0.1, 0.15) is 0 Å². The molecule has 0 aliphatic heterocycles. The topological polar surface area (TPSA) is 18.8 Å². The second-order valence-corrected chi connectivity index (χ2v) is 5.62. The van der Waals surface area contributed by atoms with Gasteiger partial charge in [-0.15, -0.1) is 24.0 Å². The van der Waals surface area contributed by atoms with Crippen LogP contribution in [0.3, 0.4) is 0 Å². The van der Waals surface area contributed by atoms with Crippen LogP contribution in [0.2, 0.25) is 0 Å². The van der Waals surface area contributed by atoms with Gasteiger partial charge in [0.2, 0.25) is 0 Å². The first-order valence-corrected chi connectivity index (χ1v) is 7.00. The van der Waals surface area contributed by atoms with Crippen LogP contribution in [0, 0.1) is 5.92 Å². The fraction of sp³-hybridized carbons (Fsp3) is 0.929. The fourth-order valence-electron chi connectivity index (χ4n) is 2.71. The molecule has 108 valence electrons. The van der Waals surface area contributed by atoms with Gasteiger partial charge in [-0.05, 0) is 12.3 Å². The zero-order chi connectivity index (χ0) is 12.7. The van der Waals surface area contributed by atoms with Crippen molar-refractivity contribution in [2.75, 3.05) is 34.7 Å². The van der Waals surface area contributed by atoms with Gasteiger partial charge in [0, 0.05) is 34.7 Å². The first-order chi connectivity index (χ1) is 8.11. The molecular weight excluding hydrogens is 337 g/mol. The van der Waals surface area contributed by atoms with E-state index >= 15 is 0 Å². The molecular formula is C14H30IN3. The monoisotopic (exact) mass is 367 g/mol. The average molecular weight is 367 g/mol. The number of nitrogens with zero attached hydrogens (tertiary/aromatic N) is 3. The molecule has 0 bridgehead atoms. The number of aliphatic imine (C=N–C) groups is 1.